The predicted octanol–water partition coefficient (Wildman–Crippen LogP) is 4.03. The summed E-state index contributed by atoms with van der Waals surface area (Å²) in [4.78, 5) is 21.5. The first-order chi connectivity index (χ1) is 14.1. The fraction of sp³-hybridized carbons (Fsp3) is 0.0455. The molecule has 4 aromatic rings. The first kappa shape index (κ1) is 18.2. The van der Waals surface area contributed by atoms with Gasteiger partial charge in [0, 0.05) is 17.6 Å². The van der Waals surface area contributed by atoms with Crippen molar-refractivity contribution in [2.45, 2.75) is 0 Å². The monoisotopic (exact) mass is 387 g/mol. The van der Waals surface area contributed by atoms with Crippen LogP contribution in [-0.4, -0.2) is 23.1 Å². The van der Waals surface area contributed by atoms with E-state index in [1.165, 1.54) is 12.1 Å². The fourth-order valence-corrected chi connectivity index (χ4v) is 2.75. The zero-order valence-corrected chi connectivity index (χ0v) is 15.5. The molecule has 1 amide bonds. The Balaban J connectivity index is 1.84. The molecule has 7 heteroatoms. The molecule has 0 aliphatic rings. The Morgan fingerprint density at radius 1 is 1.10 bits per heavy atom. The number of anilines is 1. The summed E-state index contributed by atoms with van der Waals surface area (Å²) in [5.74, 6) is 0.758. The SMILES string of the molecule is COc1ccc(N=c2oc3cc(O)ccc3cc2C(=O)Nc2ccccn2)cc1. The lowest BCUT2D eigenvalue weighted by atomic mass is 10.1. The molecule has 4 rings (SSSR count). The summed E-state index contributed by atoms with van der Waals surface area (Å²) in [5.41, 5.74) is 1.35. The number of carbonyl (C=O) groups excluding carboxylic acids is 1. The summed E-state index contributed by atoms with van der Waals surface area (Å²) < 4.78 is 11.0. The van der Waals surface area contributed by atoms with Gasteiger partial charge in [-0.3, -0.25) is 4.79 Å². The Kier molecular flexibility index (Phi) is 4.94. The highest BCUT2D eigenvalue weighted by atomic mass is 16.5. The molecule has 0 fully saturated rings. The smallest absolute Gasteiger partial charge is 0.262 e. The van der Waals surface area contributed by atoms with E-state index < -0.39 is 5.91 Å². The summed E-state index contributed by atoms with van der Waals surface area (Å²) in [6.45, 7) is 0. The third kappa shape index (κ3) is 4.08. The molecule has 0 atom stereocenters. The number of phenolic OH excluding ortho intramolecular Hbond substituents is 1. The van der Waals surface area contributed by atoms with Gasteiger partial charge in [0.25, 0.3) is 5.91 Å². The minimum atomic E-state index is -0.408. The van der Waals surface area contributed by atoms with Gasteiger partial charge in [-0.05, 0) is 54.6 Å². The lowest BCUT2D eigenvalue weighted by Crippen LogP contribution is -2.22. The summed E-state index contributed by atoms with van der Waals surface area (Å²) in [5, 5.41) is 13.1. The third-order valence-corrected chi connectivity index (χ3v) is 4.19. The Bertz CT molecular complexity index is 1230. The molecule has 0 spiro atoms. The molecule has 0 bridgehead atoms. The molecule has 0 radical (unpaired) electrons. The van der Waals surface area contributed by atoms with Crippen LogP contribution in [-0.2, 0) is 0 Å². The second-order valence-corrected chi connectivity index (χ2v) is 6.17. The van der Waals surface area contributed by atoms with Crippen molar-refractivity contribution in [2.75, 3.05) is 12.4 Å². The van der Waals surface area contributed by atoms with Gasteiger partial charge in [0.15, 0.2) is 0 Å². The topological polar surface area (TPSA) is 97.0 Å². The standard InChI is InChI=1S/C22H17N3O4/c1-28-17-9-6-15(7-10-17)24-22-18(21(27)25-20-4-2-3-11-23-20)12-14-5-8-16(26)13-19(14)29-22/h2-13,26H,1H3,(H,23,25,27). The third-order valence-electron chi connectivity index (χ3n) is 4.19. The van der Waals surface area contributed by atoms with Crippen LogP contribution in [0.5, 0.6) is 11.5 Å². The molecular formula is C22H17N3O4. The highest BCUT2D eigenvalue weighted by Gasteiger charge is 2.14. The molecule has 7 nitrogen and oxygen atoms in total. The number of nitrogens with zero attached hydrogens (tertiary/aromatic N) is 2. The lowest BCUT2D eigenvalue weighted by molar-refractivity contribution is 0.102. The number of ether oxygens (including phenoxy) is 1. The van der Waals surface area contributed by atoms with Crippen molar-refractivity contribution in [1.29, 1.82) is 0 Å². The van der Waals surface area contributed by atoms with Gasteiger partial charge in [0.1, 0.15) is 28.5 Å². The minimum absolute atomic E-state index is 0.0577. The van der Waals surface area contributed by atoms with Crippen LogP contribution < -0.4 is 15.6 Å². The van der Waals surface area contributed by atoms with E-state index in [0.717, 1.165) is 0 Å². The minimum Gasteiger partial charge on any atom is -0.508 e. The molecule has 2 heterocycles. The van der Waals surface area contributed by atoms with Crippen molar-refractivity contribution in [3.8, 4) is 11.5 Å². The molecule has 29 heavy (non-hydrogen) atoms. The zero-order valence-electron chi connectivity index (χ0n) is 15.5. The van der Waals surface area contributed by atoms with Crippen molar-refractivity contribution in [1.82, 2.24) is 4.98 Å². The number of aromatic nitrogens is 1. The number of hydrogen-bond acceptors (Lipinski definition) is 6. The van der Waals surface area contributed by atoms with E-state index in [-0.39, 0.29) is 16.9 Å². The molecule has 0 aliphatic carbocycles. The van der Waals surface area contributed by atoms with E-state index >= 15 is 0 Å². The molecule has 2 aromatic carbocycles. The Labute approximate surface area is 165 Å². The van der Waals surface area contributed by atoms with Gasteiger partial charge in [-0.15, -0.1) is 0 Å². The van der Waals surface area contributed by atoms with Gasteiger partial charge in [-0.25, -0.2) is 9.98 Å². The number of carbonyl (C=O) groups is 1. The van der Waals surface area contributed by atoms with E-state index in [4.69, 9.17) is 9.15 Å². The van der Waals surface area contributed by atoms with Gasteiger partial charge in [0.05, 0.1) is 12.8 Å². The maximum Gasteiger partial charge on any atom is 0.262 e. The largest absolute Gasteiger partial charge is 0.508 e. The number of nitrogens with one attached hydrogen (secondary N) is 1. The zero-order chi connectivity index (χ0) is 20.2. The predicted molar refractivity (Wildman–Crippen MR) is 108 cm³/mol. The first-order valence-corrected chi connectivity index (χ1v) is 8.80. The molecule has 0 aliphatic heterocycles. The number of benzene rings is 2. The molecule has 144 valence electrons. The van der Waals surface area contributed by atoms with Crippen molar-refractivity contribution in [3.63, 3.8) is 0 Å². The Morgan fingerprint density at radius 2 is 1.93 bits per heavy atom. The number of fused-ring (bicyclic) bond motifs is 1. The van der Waals surface area contributed by atoms with Crippen LogP contribution >= 0.6 is 0 Å². The van der Waals surface area contributed by atoms with Crippen molar-refractivity contribution < 1.29 is 19.1 Å². The number of pyridine rings is 1. The fourth-order valence-electron chi connectivity index (χ4n) is 2.75. The maximum absolute atomic E-state index is 12.9. The van der Waals surface area contributed by atoms with Crippen LogP contribution in [0, 0.1) is 0 Å². The van der Waals surface area contributed by atoms with Crippen LogP contribution in [0.1, 0.15) is 10.4 Å². The van der Waals surface area contributed by atoms with Gasteiger partial charge < -0.3 is 19.6 Å². The van der Waals surface area contributed by atoms with Crippen LogP contribution in [0.15, 0.2) is 82.3 Å². The van der Waals surface area contributed by atoms with E-state index in [9.17, 15) is 9.90 Å². The van der Waals surface area contributed by atoms with Crippen molar-refractivity contribution in [3.05, 3.63) is 84.0 Å². The molecular weight excluding hydrogens is 370 g/mol. The van der Waals surface area contributed by atoms with E-state index in [2.05, 4.69) is 15.3 Å². The summed E-state index contributed by atoms with van der Waals surface area (Å²) >= 11 is 0. The number of amides is 1. The van der Waals surface area contributed by atoms with Crippen LogP contribution in [0.4, 0.5) is 11.5 Å². The normalized spacial score (nSPS) is 11.4. The highest BCUT2D eigenvalue weighted by molar-refractivity contribution is 6.05. The number of hydrogen-bond donors (Lipinski definition) is 2. The summed E-state index contributed by atoms with van der Waals surface area (Å²) in [7, 11) is 1.58. The first-order valence-electron chi connectivity index (χ1n) is 8.80. The second kappa shape index (κ2) is 7.85. The maximum atomic E-state index is 12.9. The number of methoxy groups -OCH3 is 1. The van der Waals surface area contributed by atoms with Crippen molar-refractivity contribution >= 4 is 28.4 Å². The van der Waals surface area contributed by atoms with Crippen LogP contribution in [0.25, 0.3) is 11.0 Å². The number of rotatable bonds is 4. The average molecular weight is 387 g/mol. The lowest BCUT2D eigenvalue weighted by Gasteiger charge is -2.07. The quantitative estimate of drug-likeness (QED) is 0.551. The molecule has 0 saturated carbocycles. The van der Waals surface area contributed by atoms with Gasteiger partial charge >= 0.3 is 0 Å². The van der Waals surface area contributed by atoms with Gasteiger partial charge in [0.2, 0.25) is 5.55 Å². The highest BCUT2D eigenvalue weighted by Crippen LogP contribution is 2.21. The van der Waals surface area contributed by atoms with E-state index in [1.807, 2.05) is 0 Å². The van der Waals surface area contributed by atoms with E-state index in [1.54, 1.807) is 67.9 Å². The molecule has 2 N–H and O–H groups in total. The average Bonchev–Trinajstić information content (AvgIpc) is 2.74. The summed E-state index contributed by atoms with van der Waals surface area (Å²) in [6, 6.07) is 18.6. The second-order valence-electron chi connectivity index (χ2n) is 6.17. The van der Waals surface area contributed by atoms with Crippen LogP contribution in [0.2, 0.25) is 0 Å². The van der Waals surface area contributed by atoms with E-state index in [0.29, 0.717) is 28.2 Å². The molecule has 0 unspecified atom stereocenters. The number of phenols is 1. The molecule has 0 saturated heterocycles. The Hall–Kier alpha value is -4.13. The number of aromatic hydroxyl groups is 1. The molecule has 2 aromatic heterocycles. The summed E-state index contributed by atoms with van der Waals surface area (Å²) in [6.07, 6.45) is 1.59. The van der Waals surface area contributed by atoms with Crippen LogP contribution in [0.3, 0.4) is 0 Å². The van der Waals surface area contributed by atoms with Gasteiger partial charge in [-0.2, -0.15) is 0 Å². The Morgan fingerprint density at radius 3 is 2.66 bits per heavy atom. The van der Waals surface area contributed by atoms with Gasteiger partial charge in [-0.1, -0.05) is 6.07 Å². The van der Waals surface area contributed by atoms with Crippen molar-refractivity contribution in [2.24, 2.45) is 4.99 Å².